The second kappa shape index (κ2) is 5.91. The van der Waals surface area contributed by atoms with Crippen LogP contribution in [0.5, 0.6) is 0 Å². The predicted octanol–water partition coefficient (Wildman–Crippen LogP) is 4.12. The molecule has 3 nitrogen and oxygen atoms in total. The first-order chi connectivity index (χ1) is 10.7. The summed E-state index contributed by atoms with van der Waals surface area (Å²) in [7, 11) is -3.86. The summed E-state index contributed by atoms with van der Waals surface area (Å²) in [6.07, 6.45) is -8.06. The molecule has 0 atom stereocenters. The van der Waals surface area contributed by atoms with Crippen LogP contribution in [0, 0.1) is 0 Å². The molecule has 136 valence electrons. The van der Waals surface area contributed by atoms with Crippen LogP contribution in [0.2, 0.25) is 0 Å². The summed E-state index contributed by atoms with van der Waals surface area (Å²) in [6.45, 7) is -0.482. The molecule has 0 aromatic heterocycles. The number of alkyl halides is 6. The summed E-state index contributed by atoms with van der Waals surface area (Å²) < 4.78 is 104. The molecule has 0 aliphatic heterocycles. The third-order valence-corrected chi connectivity index (χ3v) is 4.61. The Hall–Kier alpha value is -1.29. The Morgan fingerprint density at radius 3 is 1.75 bits per heavy atom. The van der Waals surface area contributed by atoms with Gasteiger partial charge in [0.1, 0.15) is 0 Å². The molecule has 1 aliphatic carbocycles. The van der Waals surface area contributed by atoms with Crippen molar-refractivity contribution in [3.8, 4) is 0 Å². The fourth-order valence-corrected chi connectivity index (χ4v) is 3.04. The Labute approximate surface area is 134 Å². The number of benzene rings is 1. The minimum atomic E-state index is -4.95. The van der Waals surface area contributed by atoms with Crippen molar-refractivity contribution in [2.24, 2.45) is 0 Å². The molecule has 1 saturated carbocycles. The molecule has 10 heteroatoms. The van der Waals surface area contributed by atoms with Crippen LogP contribution in [-0.2, 0) is 32.1 Å². The van der Waals surface area contributed by atoms with E-state index in [-0.39, 0.29) is 24.5 Å². The van der Waals surface area contributed by atoms with Crippen LogP contribution < -0.4 is 0 Å². The van der Waals surface area contributed by atoms with Gasteiger partial charge in [-0.3, -0.25) is 4.18 Å². The SMILES string of the molecule is CS(=O)(=O)OCC1(c2cc(C(F)(F)F)cc(C(F)(F)F)c2)CCC1. The van der Waals surface area contributed by atoms with Gasteiger partial charge in [0.25, 0.3) is 10.1 Å². The van der Waals surface area contributed by atoms with E-state index >= 15 is 0 Å². The summed E-state index contributed by atoms with van der Waals surface area (Å²) in [6, 6.07) is 1.33. The number of hydrogen-bond acceptors (Lipinski definition) is 3. The van der Waals surface area contributed by atoms with Crippen LogP contribution in [0.4, 0.5) is 26.3 Å². The molecule has 0 heterocycles. The van der Waals surface area contributed by atoms with Crippen LogP contribution in [-0.4, -0.2) is 21.3 Å². The molecule has 0 N–H and O–H groups in total. The summed E-state index contributed by atoms with van der Waals surface area (Å²) in [5.74, 6) is 0. The van der Waals surface area contributed by atoms with Gasteiger partial charge in [0.05, 0.1) is 24.0 Å². The van der Waals surface area contributed by atoms with Crippen molar-refractivity contribution >= 4 is 10.1 Å². The van der Waals surface area contributed by atoms with Crippen LogP contribution in [0.15, 0.2) is 18.2 Å². The van der Waals surface area contributed by atoms with E-state index in [2.05, 4.69) is 4.18 Å². The zero-order valence-electron chi connectivity index (χ0n) is 12.5. The van der Waals surface area contributed by atoms with Crippen molar-refractivity contribution in [2.75, 3.05) is 12.9 Å². The lowest BCUT2D eigenvalue weighted by molar-refractivity contribution is -0.143. The van der Waals surface area contributed by atoms with Crippen LogP contribution in [0.3, 0.4) is 0 Å². The topological polar surface area (TPSA) is 43.4 Å². The standard InChI is InChI=1S/C14H14F6O3S/c1-24(21,22)23-8-12(3-2-4-12)9-5-10(13(15,16)17)7-11(6-9)14(18,19)20/h5-7H,2-4,8H2,1H3. The number of halogens is 6. The zero-order chi connectivity index (χ0) is 18.4. The lowest BCUT2D eigenvalue weighted by Gasteiger charge is -2.42. The highest BCUT2D eigenvalue weighted by Gasteiger charge is 2.44. The fraction of sp³-hybridized carbons (Fsp3) is 0.571. The van der Waals surface area contributed by atoms with Crippen molar-refractivity contribution in [1.29, 1.82) is 0 Å². The van der Waals surface area contributed by atoms with Gasteiger partial charge in [-0.05, 0) is 36.6 Å². The predicted molar refractivity (Wildman–Crippen MR) is 72.8 cm³/mol. The lowest BCUT2D eigenvalue weighted by atomic mass is 9.64. The van der Waals surface area contributed by atoms with Gasteiger partial charge in [-0.25, -0.2) is 0 Å². The molecule has 1 aromatic carbocycles. The summed E-state index contributed by atoms with van der Waals surface area (Å²) in [5.41, 5.74) is -4.21. The van der Waals surface area contributed by atoms with E-state index in [9.17, 15) is 34.8 Å². The molecule has 0 unspecified atom stereocenters. The molecule has 0 bridgehead atoms. The van der Waals surface area contributed by atoms with Crippen molar-refractivity contribution in [3.05, 3.63) is 34.9 Å². The van der Waals surface area contributed by atoms with Crippen LogP contribution >= 0.6 is 0 Å². The van der Waals surface area contributed by atoms with Gasteiger partial charge in [-0.15, -0.1) is 0 Å². The van der Waals surface area contributed by atoms with Crippen LogP contribution in [0.1, 0.15) is 36.0 Å². The fourth-order valence-electron chi connectivity index (χ4n) is 2.60. The highest BCUT2D eigenvalue weighted by atomic mass is 32.2. The van der Waals surface area contributed by atoms with E-state index in [1.54, 1.807) is 0 Å². The van der Waals surface area contributed by atoms with E-state index in [0.717, 1.165) is 6.26 Å². The largest absolute Gasteiger partial charge is 0.416 e. The molecule has 0 spiro atoms. The van der Waals surface area contributed by atoms with E-state index in [0.29, 0.717) is 18.6 Å². The third kappa shape index (κ3) is 4.21. The molecular formula is C14H14F6O3S. The van der Waals surface area contributed by atoms with Gasteiger partial charge in [-0.2, -0.15) is 34.8 Å². The Morgan fingerprint density at radius 2 is 1.46 bits per heavy atom. The maximum absolute atomic E-state index is 12.9. The first-order valence-corrected chi connectivity index (χ1v) is 8.69. The molecule has 0 amide bonds. The normalized spacial score (nSPS) is 18.3. The first kappa shape index (κ1) is 19.0. The maximum Gasteiger partial charge on any atom is 0.416 e. The van der Waals surface area contributed by atoms with Crippen molar-refractivity contribution in [1.82, 2.24) is 0 Å². The smallest absolute Gasteiger partial charge is 0.269 e. The van der Waals surface area contributed by atoms with Gasteiger partial charge < -0.3 is 0 Å². The maximum atomic E-state index is 12.9. The Bertz CT molecular complexity index is 685. The molecule has 0 radical (unpaired) electrons. The van der Waals surface area contributed by atoms with E-state index in [4.69, 9.17) is 0 Å². The molecule has 1 aliphatic rings. The van der Waals surface area contributed by atoms with Gasteiger partial charge in [0, 0.05) is 5.41 Å². The van der Waals surface area contributed by atoms with Gasteiger partial charge in [0.15, 0.2) is 0 Å². The minimum Gasteiger partial charge on any atom is -0.269 e. The van der Waals surface area contributed by atoms with Crippen molar-refractivity contribution < 1.29 is 38.9 Å². The average Bonchev–Trinajstić information content (AvgIpc) is 2.33. The Morgan fingerprint density at radius 1 is 1.00 bits per heavy atom. The highest BCUT2D eigenvalue weighted by Crippen LogP contribution is 2.47. The number of hydrogen-bond donors (Lipinski definition) is 0. The Balaban J connectivity index is 2.51. The van der Waals surface area contributed by atoms with E-state index in [1.165, 1.54) is 0 Å². The van der Waals surface area contributed by atoms with Crippen molar-refractivity contribution in [2.45, 2.75) is 37.0 Å². The molecular weight excluding hydrogens is 362 g/mol. The lowest BCUT2D eigenvalue weighted by Crippen LogP contribution is -2.40. The second-order valence-electron chi connectivity index (χ2n) is 5.89. The van der Waals surface area contributed by atoms with E-state index < -0.39 is 45.6 Å². The van der Waals surface area contributed by atoms with Gasteiger partial charge in [0.2, 0.25) is 0 Å². The third-order valence-electron chi connectivity index (χ3n) is 4.06. The van der Waals surface area contributed by atoms with Gasteiger partial charge >= 0.3 is 12.4 Å². The summed E-state index contributed by atoms with van der Waals surface area (Å²) >= 11 is 0. The van der Waals surface area contributed by atoms with E-state index in [1.807, 2.05) is 0 Å². The molecule has 1 fully saturated rings. The van der Waals surface area contributed by atoms with Crippen molar-refractivity contribution in [3.63, 3.8) is 0 Å². The van der Waals surface area contributed by atoms with Crippen LogP contribution in [0.25, 0.3) is 0 Å². The quantitative estimate of drug-likeness (QED) is 0.587. The number of rotatable bonds is 4. The molecule has 1 aromatic rings. The monoisotopic (exact) mass is 376 g/mol. The Kier molecular flexibility index (Phi) is 4.68. The molecule has 2 rings (SSSR count). The second-order valence-corrected chi connectivity index (χ2v) is 7.54. The summed E-state index contributed by atoms with van der Waals surface area (Å²) in [4.78, 5) is 0. The zero-order valence-corrected chi connectivity index (χ0v) is 13.3. The average molecular weight is 376 g/mol. The first-order valence-electron chi connectivity index (χ1n) is 6.87. The highest BCUT2D eigenvalue weighted by molar-refractivity contribution is 7.85. The minimum absolute atomic E-state index is 0.0489. The molecule has 0 saturated heterocycles. The molecule has 24 heavy (non-hydrogen) atoms. The van der Waals surface area contributed by atoms with Gasteiger partial charge in [-0.1, -0.05) is 6.42 Å². The summed E-state index contributed by atoms with van der Waals surface area (Å²) in [5, 5.41) is 0.